The lowest BCUT2D eigenvalue weighted by molar-refractivity contribution is 0.0820. The normalized spacial score (nSPS) is 20.4. The van der Waals surface area contributed by atoms with Crippen LogP contribution in [-0.2, 0) is 11.2 Å². The fourth-order valence-electron chi connectivity index (χ4n) is 2.43. The van der Waals surface area contributed by atoms with E-state index in [1.54, 1.807) is 4.90 Å². The number of nitrogens with zero attached hydrogens (tertiary/aromatic N) is 1. The van der Waals surface area contributed by atoms with Gasteiger partial charge in [-0.25, -0.2) is 8.78 Å². The van der Waals surface area contributed by atoms with E-state index in [2.05, 4.69) is 0 Å². The molecule has 1 aromatic rings. The summed E-state index contributed by atoms with van der Waals surface area (Å²) in [6, 6.07) is 2.75. The predicted molar refractivity (Wildman–Crippen MR) is 71.4 cm³/mol. The Morgan fingerprint density at radius 3 is 2.68 bits per heavy atom. The fourth-order valence-corrected chi connectivity index (χ4v) is 2.43. The SMILES string of the molecule is CC1CN(c2c(F)cc(CCN)cc2F)CCCO1. The number of rotatable bonds is 3. The van der Waals surface area contributed by atoms with Gasteiger partial charge in [0.1, 0.15) is 17.3 Å². The molecule has 106 valence electrons. The Balaban J connectivity index is 2.27. The maximum absolute atomic E-state index is 14.1. The van der Waals surface area contributed by atoms with Crippen LogP contribution < -0.4 is 10.6 Å². The molecule has 1 fully saturated rings. The molecular weight excluding hydrogens is 250 g/mol. The zero-order chi connectivity index (χ0) is 13.8. The van der Waals surface area contributed by atoms with Crippen molar-refractivity contribution in [3.05, 3.63) is 29.3 Å². The number of hydrogen-bond donors (Lipinski definition) is 1. The van der Waals surface area contributed by atoms with Crippen LogP contribution in [0.4, 0.5) is 14.5 Å². The number of anilines is 1. The second-order valence-electron chi connectivity index (χ2n) is 4.93. The third-order valence-electron chi connectivity index (χ3n) is 3.28. The standard InChI is InChI=1S/C14H20F2N2O/c1-10-9-18(5-2-6-19-10)14-12(15)7-11(3-4-17)8-13(14)16/h7-8,10H,2-6,9,17H2,1H3. The van der Waals surface area contributed by atoms with E-state index in [-0.39, 0.29) is 11.8 Å². The molecule has 1 aliphatic rings. The summed E-state index contributed by atoms with van der Waals surface area (Å²) in [5.74, 6) is -1.03. The van der Waals surface area contributed by atoms with E-state index in [1.165, 1.54) is 12.1 Å². The Hall–Kier alpha value is -1.20. The lowest BCUT2D eigenvalue weighted by atomic mass is 10.1. The first kappa shape index (κ1) is 14.2. The van der Waals surface area contributed by atoms with Gasteiger partial charge < -0.3 is 15.4 Å². The first-order valence-electron chi connectivity index (χ1n) is 6.66. The van der Waals surface area contributed by atoms with Crippen LogP contribution in [0.2, 0.25) is 0 Å². The quantitative estimate of drug-likeness (QED) is 0.914. The smallest absolute Gasteiger partial charge is 0.149 e. The lowest BCUT2D eigenvalue weighted by Gasteiger charge is -2.25. The van der Waals surface area contributed by atoms with Gasteiger partial charge in [0.05, 0.1) is 6.10 Å². The highest BCUT2D eigenvalue weighted by atomic mass is 19.1. The second kappa shape index (κ2) is 6.30. The molecule has 0 saturated carbocycles. The molecule has 0 bridgehead atoms. The van der Waals surface area contributed by atoms with Crippen LogP contribution >= 0.6 is 0 Å². The molecule has 0 aromatic heterocycles. The van der Waals surface area contributed by atoms with Crippen LogP contribution in [0, 0.1) is 11.6 Å². The Morgan fingerprint density at radius 1 is 1.37 bits per heavy atom. The monoisotopic (exact) mass is 270 g/mol. The van der Waals surface area contributed by atoms with Crippen LogP contribution in [0.1, 0.15) is 18.9 Å². The van der Waals surface area contributed by atoms with Crippen molar-refractivity contribution in [3.63, 3.8) is 0 Å². The minimum absolute atomic E-state index is 0.0231. The highest BCUT2D eigenvalue weighted by Crippen LogP contribution is 2.26. The third kappa shape index (κ3) is 3.42. The summed E-state index contributed by atoms with van der Waals surface area (Å²) in [6.45, 7) is 4.04. The minimum Gasteiger partial charge on any atom is -0.377 e. The fraction of sp³-hybridized carbons (Fsp3) is 0.571. The van der Waals surface area contributed by atoms with Crippen LogP contribution in [0.3, 0.4) is 0 Å². The molecule has 5 heteroatoms. The zero-order valence-electron chi connectivity index (χ0n) is 11.2. The summed E-state index contributed by atoms with van der Waals surface area (Å²) in [5, 5.41) is 0. The maximum Gasteiger partial charge on any atom is 0.149 e. The van der Waals surface area contributed by atoms with Crippen molar-refractivity contribution in [1.82, 2.24) is 0 Å². The largest absolute Gasteiger partial charge is 0.377 e. The Labute approximate surface area is 112 Å². The van der Waals surface area contributed by atoms with Crippen molar-refractivity contribution >= 4 is 5.69 Å². The van der Waals surface area contributed by atoms with E-state index < -0.39 is 11.6 Å². The van der Waals surface area contributed by atoms with Crippen molar-refractivity contribution in [2.45, 2.75) is 25.9 Å². The highest BCUT2D eigenvalue weighted by Gasteiger charge is 2.22. The van der Waals surface area contributed by atoms with Crippen LogP contribution in [0.5, 0.6) is 0 Å². The number of nitrogens with two attached hydrogens (primary N) is 1. The van der Waals surface area contributed by atoms with E-state index in [4.69, 9.17) is 10.5 Å². The molecule has 1 saturated heterocycles. The lowest BCUT2D eigenvalue weighted by Crippen LogP contribution is -2.31. The molecule has 1 aromatic carbocycles. The molecule has 1 atom stereocenters. The number of benzene rings is 1. The average Bonchev–Trinajstić information content (AvgIpc) is 2.53. The summed E-state index contributed by atoms with van der Waals surface area (Å²) in [5.41, 5.74) is 6.06. The molecule has 19 heavy (non-hydrogen) atoms. The maximum atomic E-state index is 14.1. The number of ether oxygens (including phenoxy) is 1. The summed E-state index contributed by atoms with van der Waals surface area (Å²) in [6.07, 6.45) is 1.23. The van der Waals surface area contributed by atoms with E-state index >= 15 is 0 Å². The molecule has 2 rings (SSSR count). The van der Waals surface area contributed by atoms with Gasteiger partial charge in [0, 0.05) is 19.7 Å². The highest BCUT2D eigenvalue weighted by molar-refractivity contribution is 5.51. The van der Waals surface area contributed by atoms with Gasteiger partial charge in [0.25, 0.3) is 0 Å². The van der Waals surface area contributed by atoms with Gasteiger partial charge in [0.2, 0.25) is 0 Å². The van der Waals surface area contributed by atoms with Gasteiger partial charge in [-0.05, 0) is 44.0 Å². The average molecular weight is 270 g/mol. The third-order valence-corrected chi connectivity index (χ3v) is 3.28. The van der Waals surface area contributed by atoms with Crippen molar-refractivity contribution < 1.29 is 13.5 Å². The Morgan fingerprint density at radius 2 is 2.05 bits per heavy atom. The van der Waals surface area contributed by atoms with Crippen molar-refractivity contribution in [1.29, 1.82) is 0 Å². The zero-order valence-corrected chi connectivity index (χ0v) is 11.2. The van der Waals surface area contributed by atoms with Crippen molar-refractivity contribution in [3.8, 4) is 0 Å². The molecule has 1 heterocycles. The van der Waals surface area contributed by atoms with E-state index in [1.807, 2.05) is 6.92 Å². The summed E-state index contributed by atoms with van der Waals surface area (Å²) < 4.78 is 33.7. The van der Waals surface area contributed by atoms with E-state index in [9.17, 15) is 8.78 Å². The van der Waals surface area contributed by atoms with Crippen LogP contribution in [0.25, 0.3) is 0 Å². The van der Waals surface area contributed by atoms with Crippen molar-refractivity contribution in [2.75, 3.05) is 31.1 Å². The van der Waals surface area contributed by atoms with Gasteiger partial charge in [-0.1, -0.05) is 0 Å². The van der Waals surface area contributed by atoms with Gasteiger partial charge in [-0.3, -0.25) is 0 Å². The molecule has 1 unspecified atom stereocenters. The van der Waals surface area contributed by atoms with Gasteiger partial charge in [-0.15, -0.1) is 0 Å². The van der Waals surface area contributed by atoms with Crippen LogP contribution in [0.15, 0.2) is 12.1 Å². The van der Waals surface area contributed by atoms with Crippen molar-refractivity contribution in [2.24, 2.45) is 5.73 Å². The summed E-state index contributed by atoms with van der Waals surface area (Å²) in [7, 11) is 0. The first-order valence-corrected chi connectivity index (χ1v) is 6.66. The first-order chi connectivity index (χ1) is 9.11. The molecule has 0 aliphatic carbocycles. The molecule has 1 aliphatic heterocycles. The molecule has 0 spiro atoms. The summed E-state index contributed by atoms with van der Waals surface area (Å²) in [4.78, 5) is 1.73. The second-order valence-corrected chi connectivity index (χ2v) is 4.93. The van der Waals surface area contributed by atoms with E-state index in [0.29, 0.717) is 38.2 Å². The number of halogens is 2. The number of hydrogen-bond acceptors (Lipinski definition) is 3. The molecule has 0 radical (unpaired) electrons. The molecular formula is C14H20F2N2O. The van der Waals surface area contributed by atoms with Gasteiger partial charge in [-0.2, -0.15) is 0 Å². The predicted octanol–water partition coefficient (Wildman–Crippen LogP) is 2.08. The Kier molecular flexibility index (Phi) is 4.71. The summed E-state index contributed by atoms with van der Waals surface area (Å²) >= 11 is 0. The van der Waals surface area contributed by atoms with E-state index in [0.717, 1.165) is 6.42 Å². The topological polar surface area (TPSA) is 38.5 Å². The van der Waals surface area contributed by atoms with Gasteiger partial charge in [0.15, 0.2) is 0 Å². The molecule has 0 amide bonds. The minimum atomic E-state index is -0.516. The Bertz CT molecular complexity index is 416. The molecule has 3 nitrogen and oxygen atoms in total. The molecule has 2 N–H and O–H groups in total. The van der Waals surface area contributed by atoms with Gasteiger partial charge >= 0.3 is 0 Å². The van der Waals surface area contributed by atoms with Crippen LogP contribution in [-0.4, -0.2) is 32.3 Å².